The molecule has 2 aromatic rings. The molecule has 0 radical (unpaired) electrons. The van der Waals surface area contributed by atoms with Crippen molar-refractivity contribution in [3.05, 3.63) is 58.3 Å². The van der Waals surface area contributed by atoms with Crippen molar-refractivity contribution in [1.82, 2.24) is 4.98 Å². The maximum absolute atomic E-state index is 6.04. The normalized spacial score (nSPS) is 18.0. The molecule has 19 heavy (non-hydrogen) atoms. The molecule has 3 rings (SSSR count). The number of hydrogen-bond acceptors (Lipinski definition) is 4. The second-order valence-corrected chi connectivity index (χ2v) is 4.94. The van der Waals surface area contributed by atoms with Gasteiger partial charge in [0.2, 0.25) is 0 Å². The third-order valence-electron chi connectivity index (χ3n) is 2.91. The minimum absolute atomic E-state index is 0.00144. The molecule has 1 aliphatic heterocycles. The molecule has 1 aliphatic rings. The summed E-state index contributed by atoms with van der Waals surface area (Å²) in [6.45, 7) is 0.581. The van der Waals surface area contributed by atoms with E-state index in [1.54, 1.807) is 18.3 Å². The average Bonchev–Trinajstić information content (AvgIpc) is 2.92. The molecule has 0 spiro atoms. The highest BCUT2D eigenvalue weighted by atomic mass is 35.5. The van der Waals surface area contributed by atoms with Gasteiger partial charge < -0.3 is 0 Å². The van der Waals surface area contributed by atoms with Crippen LogP contribution in [0, 0.1) is 0 Å². The van der Waals surface area contributed by atoms with Crippen LogP contribution in [0.4, 0.5) is 5.69 Å². The number of hydrogen-bond donors (Lipinski definition) is 0. The van der Waals surface area contributed by atoms with Crippen molar-refractivity contribution >= 4 is 28.9 Å². The standard InChI is InChI=1S/C13H10Cl2N4/c14-10-5-4-9(7-11(10)15)19-13(8-17-18-19)12-3-1-2-6-16-12/h1-7,13H,8H2. The number of benzene rings is 1. The van der Waals surface area contributed by atoms with Crippen molar-refractivity contribution < 1.29 is 0 Å². The summed E-state index contributed by atoms with van der Waals surface area (Å²) in [7, 11) is 0. The fourth-order valence-corrected chi connectivity index (χ4v) is 2.27. The number of halogens is 2. The Labute approximate surface area is 120 Å². The van der Waals surface area contributed by atoms with Crippen molar-refractivity contribution in [3.63, 3.8) is 0 Å². The van der Waals surface area contributed by atoms with Crippen LogP contribution in [0.1, 0.15) is 11.7 Å². The Morgan fingerprint density at radius 3 is 2.74 bits per heavy atom. The molecule has 96 valence electrons. The van der Waals surface area contributed by atoms with Gasteiger partial charge in [-0.25, -0.2) is 5.01 Å². The summed E-state index contributed by atoms with van der Waals surface area (Å²) in [4.78, 5) is 4.36. The van der Waals surface area contributed by atoms with Gasteiger partial charge in [0.05, 0.1) is 28.0 Å². The Balaban J connectivity index is 1.95. The summed E-state index contributed by atoms with van der Waals surface area (Å²) in [6.07, 6.45) is 1.76. The van der Waals surface area contributed by atoms with E-state index in [-0.39, 0.29) is 6.04 Å². The molecule has 0 N–H and O–H groups in total. The van der Waals surface area contributed by atoms with Crippen molar-refractivity contribution in [2.75, 3.05) is 11.6 Å². The lowest BCUT2D eigenvalue weighted by Crippen LogP contribution is -2.21. The molecule has 6 heteroatoms. The molecular weight excluding hydrogens is 283 g/mol. The first kappa shape index (κ1) is 12.4. The second-order valence-electron chi connectivity index (χ2n) is 4.13. The zero-order chi connectivity index (χ0) is 13.2. The van der Waals surface area contributed by atoms with Crippen LogP contribution in [-0.2, 0) is 0 Å². The average molecular weight is 293 g/mol. The van der Waals surface area contributed by atoms with Gasteiger partial charge in [-0.1, -0.05) is 34.5 Å². The molecule has 1 aromatic heterocycles. The molecule has 1 unspecified atom stereocenters. The number of nitrogens with zero attached hydrogens (tertiary/aromatic N) is 4. The molecule has 0 fully saturated rings. The van der Waals surface area contributed by atoms with Gasteiger partial charge in [-0.05, 0) is 30.3 Å². The third kappa shape index (κ3) is 2.41. The van der Waals surface area contributed by atoms with E-state index in [1.165, 1.54) is 0 Å². The first-order valence-corrected chi connectivity index (χ1v) is 6.54. The lowest BCUT2D eigenvalue weighted by atomic mass is 10.1. The van der Waals surface area contributed by atoms with Gasteiger partial charge in [0.25, 0.3) is 0 Å². The maximum Gasteiger partial charge on any atom is 0.118 e. The minimum Gasteiger partial charge on any atom is -0.259 e. The number of aromatic nitrogens is 1. The van der Waals surface area contributed by atoms with Crippen molar-refractivity contribution in [3.8, 4) is 0 Å². The van der Waals surface area contributed by atoms with Crippen LogP contribution < -0.4 is 5.01 Å². The van der Waals surface area contributed by atoms with E-state index in [1.807, 2.05) is 29.3 Å². The maximum atomic E-state index is 6.04. The summed E-state index contributed by atoms with van der Waals surface area (Å²) < 4.78 is 0. The molecular formula is C13H10Cl2N4. The quantitative estimate of drug-likeness (QED) is 0.827. The van der Waals surface area contributed by atoms with Crippen molar-refractivity contribution in [1.29, 1.82) is 0 Å². The predicted molar refractivity (Wildman–Crippen MR) is 75.6 cm³/mol. The molecule has 0 bridgehead atoms. The highest BCUT2D eigenvalue weighted by Crippen LogP contribution is 2.34. The first-order chi connectivity index (χ1) is 9.25. The van der Waals surface area contributed by atoms with E-state index >= 15 is 0 Å². The van der Waals surface area contributed by atoms with Crippen molar-refractivity contribution in [2.24, 2.45) is 10.3 Å². The fourth-order valence-electron chi connectivity index (χ4n) is 1.97. The van der Waals surface area contributed by atoms with Crippen LogP contribution in [0.3, 0.4) is 0 Å². The first-order valence-electron chi connectivity index (χ1n) is 5.78. The molecule has 0 saturated heterocycles. The Hall–Kier alpha value is -1.65. The van der Waals surface area contributed by atoms with Gasteiger partial charge in [-0.2, -0.15) is 5.11 Å². The van der Waals surface area contributed by atoms with E-state index in [2.05, 4.69) is 15.3 Å². The molecule has 4 nitrogen and oxygen atoms in total. The van der Waals surface area contributed by atoms with Crippen LogP contribution in [0.15, 0.2) is 52.9 Å². The number of anilines is 1. The van der Waals surface area contributed by atoms with Crippen LogP contribution in [0.5, 0.6) is 0 Å². The monoisotopic (exact) mass is 292 g/mol. The van der Waals surface area contributed by atoms with Crippen LogP contribution in [0.25, 0.3) is 0 Å². The topological polar surface area (TPSA) is 40.9 Å². The van der Waals surface area contributed by atoms with Gasteiger partial charge in [-0.3, -0.25) is 4.98 Å². The molecule has 1 aromatic carbocycles. The Kier molecular flexibility index (Phi) is 3.36. The molecule has 1 atom stereocenters. The van der Waals surface area contributed by atoms with Gasteiger partial charge >= 0.3 is 0 Å². The molecule has 2 heterocycles. The zero-order valence-corrected chi connectivity index (χ0v) is 11.4. The summed E-state index contributed by atoms with van der Waals surface area (Å²) in [6, 6.07) is 11.2. The number of pyridine rings is 1. The van der Waals surface area contributed by atoms with E-state index in [0.717, 1.165) is 11.4 Å². The zero-order valence-electron chi connectivity index (χ0n) is 9.87. The predicted octanol–water partition coefficient (Wildman–Crippen LogP) is 4.32. The smallest absolute Gasteiger partial charge is 0.118 e. The molecule has 0 amide bonds. The largest absolute Gasteiger partial charge is 0.259 e. The Morgan fingerprint density at radius 1 is 1.11 bits per heavy atom. The van der Waals surface area contributed by atoms with Crippen LogP contribution in [0.2, 0.25) is 10.0 Å². The SMILES string of the molecule is Clc1ccc(N2N=NCC2c2ccccn2)cc1Cl. The molecule has 0 aliphatic carbocycles. The fraction of sp³-hybridized carbons (Fsp3) is 0.154. The van der Waals surface area contributed by atoms with E-state index in [9.17, 15) is 0 Å². The van der Waals surface area contributed by atoms with E-state index in [0.29, 0.717) is 16.6 Å². The van der Waals surface area contributed by atoms with Crippen molar-refractivity contribution in [2.45, 2.75) is 6.04 Å². The lowest BCUT2D eigenvalue weighted by Gasteiger charge is -2.21. The van der Waals surface area contributed by atoms with Gasteiger partial charge in [0.15, 0.2) is 0 Å². The number of rotatable bonds is 2. The van der Waals surface area contributed by atoms with Gasteiger partial charge in [0, 0.05) is 6.20 Å². The lowest BCUT2D eigenvalue weighted by molar-refractivity contribution is 0.707. The minimum atomic E-state index is -0.00144. The van der Waals surface area contributed by atoms with E-state index < -0.39 is 0 Å². The Morgan fingerprint density at radius 2 is 2.00 bits per heavy atom. The van der Waals surface area contributed by atoms with Gasteiger partial charge in [0.1, 0.15) is 6.04 Å². The van der Waals surface area contributed by atoms with Crippen LogP contribution in [-0.4, -0.2) is 11.5 Å². The van der Waals surface area contributed by atoms with Gasteiger partial charge in [-0.15, -0.1) is 0 Å². The summed E-state index contributed by atoms with van der Waals surface area (Å²) >= 11 is 12.0. The second kappa shape index (κ2) is 5.15. The van der Waals surface area contributed by atoms with Crippen LogP contribution >= 0.6 is 23.2 Å². The summed E-state index contributed by atoms with van der Waals surface area (Å²) in [5, 5.41) is 11.1. The summed E-state index contributed by atoms with van der Waals surface area (Å²) in [5.74, 6) is 0. The third-order valence-corrected chi connectivity index (χ3v) is 3.65. The highest BCUT2D eigenvalue weighted by molar-refractivity contribution is 6.42. The summed E-state index contributed by atoms with van der Waals surface area (Å²) in [5.41, 5.74) is 1.78. The highest BCUT2D eigenvalue weighted by Gasteiger charge is 2.26. The van der Waals surface area contributed by atoms with E-state index in [4.69, 9.17) is 23.2 Å². The Bertz CT molecular complexity index is 615. The molecule has 0 saturated carbocycles.